The highest BCUT2D eigenvalue weighted by Crippen LogP contribution is 2.49. The third-order valence-electron chi connectivity index (χ3n) is 5.45. The van der Waals surface area contributed by atoms with Gasteiger partial charge in [-0.25, -0.2) is 4.98 Å². The molecule has 2 aliphatic rings. The van der Waals surface area contributed by atoms with E-state index < -0.39 is 11.4 Å². The van der Waals surface area contributed by atoms with E-state index in [-0.39, 0.29) is 0 Å². The van der Waals surface area contributed by atoms with E-state index in [0.717, 1.165) is 50.3 Å². The van der Waals surface area contributed by atoms with Crippen LogP contribution >= 0.6 is 0 Å². The van der Waals surface area contributed by atoms with Gasteiger partial charge in [0.2, 0.25) is 0 Å². The third-order valence-corrected chi connectivity index (χ3v) is 5.45. The van der Waals surface area contributed by atoms with Crippen LogP contribution < -0.4 is 4.90 Å². The minimum Gasteiger partial charge on any atom is -0.481 e. The normalized spacial score (nSPS) is 27.8. The Morgan fingerprint density at radius 3 is 2.95 bits per heavy atom. The zero-order chi connectivity index (χ0) is 15.7. The van der Waals surface area contributed by atoms with Crippen LogP contribution in [0.4, 0.5) is 5.82 Å². The molecule has 1 aliphatic heterocycles. The Hall–Kier alpha value is -1.62. The topological polar surface area (TPSA) is 56.7 Å². The molecule has 3 rings (SSSR count). The van der Waals surface area contributed by atoms with Crippen LogP contribution in [0.5, 0.6) is 0 Å². The van der Waals surface area contributed by atoms with Gasteiger partial charge in [-0.15, -0.1) is 0 Å². The van der Waals surface area contributed by atoms with E-state index in [4.69, 9.17) is 0 Å². The first-order chi connectivity index (χ1) is 10.5. The molecule has 2 fully saturated rings. The maximum absolute atomic E-state index is 11.7. The average molecular weight is 303 g/mol. The standard InChI is InChI=1S/C17H25N3O2/c1-3-19(2)15-7-6-13(9-18-15)10-20-11-14-5-4-8-17(14,12-20)16(21)22/h6-7,9,14H,3-5,8,10-12H2,1-2H3,(H,21,22)/t14-,17+/m0/s1. The van der Waals surface area contributed by atoms with Gasteiger partial charge in [0.15, 0.2) is 0 Å². The second kappa shape index (κ2) is 5.88. The molecule has 1 aliphatic carbocycles. The molecule has 5 heteroatoms. The first-order valence-corrected chi connectivity index (χ1v) is 8.17. The quantitative estimate of drug-likeness (QED) is 0.904. The summed E-state index contributed by atoms with van der Waals surface area (Å²) in [6, 6.07) is 4.15. The van der Waals surface area contributed by atoms with E-state index in [1.165, 1.54) is 0 Å². The SMILES string of the molecule is CCN(C)c1ccc(CN2C[C@@H]3CCC[C@@]3(C(=O)O)C2)cn1. The van der Waals surface area contributed by atoms with Gasteiger partial charge in [0.1, 0.15) is 5.82 Å². The zero-order valence-electron chi connectivity index (χ0n) is 13.5. The van der Waals surface area contributed by atoms with Gasteiger partial charge in [-0.3, -0.25) is 9.69 Å². The minimum absolute atomic E-state index is 0.323. The van der Waals surface area contributed by atoms with Crippen LogP contribution in [0.25, 0.3) is 0 Å². The second-order valence-corrected chi connectivity index (χ2v) is 6.76. The van der Waals surface area contributed by atoms with Gasteiger partial charge in [-0.1, -0.05) is 12.5 Å². The van der Waals surface area contributed by atoms with E-state index in [1.54, 1.807) is 0 Å². The highest BCUT2D eigenvalue weighted by atomic mass is 16.4. The summed E-state index contributed by atoms with van der Waals surface area (Å²) in [5, 5.41) is 9.64. The number of pyridine rings is 1. The molecule has 120 valence electrons. The molecule has 5 nitrogen and oxygen atoms in total. The van der Waals surface area contributed by atoms with Gasteiger partial charge in [-0.2, -0.15) is 0 Å². The van der Waals surface area contributed by atoms with Crippen molar-refractivity contribution in [3.63, 3.8) is 0 Å². The summed E-state index contributed by atoms with van der Waals surface area (Å²) >= 11 is 0. The number of carbonyl (C=O) groups is 1. The van der Waals surface area contributed by atoms with E-state index in [0.29, 0.717) is 12.5 Å². The van der Waals surface area contributed by atoms with Crippen molar-refractivity contribution in [3.8, 4) is 0 Å². The van der Waals surface area contributed by atoms with Crippen molar-refractivity contribution in [1.82, 2.24) is 9.88 Å². The molecule has 1 aromatic heterocycles. The van der Waals surface area contributed by atoms with Crippen molar-refractivity contribution in [2.45, 2.75) is 32.7 Å². The van der Waals surface area contributed by atoms with Crippen molar-refractivity contribution in [2.24, 2.45) is 11.3 Å². The van der Waals surface area contributed by atoms with Crippen LogP contribution in [-0.4, -0.2) is 47.6 Å². The Morgan fingerprint density at radius 1 is 1.55 bits per heavy atom. The Bertz CT molecular complexity index is 545. The number of carboxylic acid groups (broad SMARTS) is 1. The lowest BCUT2D eigenvalue weighted by atomic mass is 9.81. The monoisotopic (exact) mass is 303 g/mol. The maximum atomic E-state index is 11.7. The Balaban J connectivity index is 1.66. The average Bonchev–Trinajstić information content (AvgIpc) is 3.05. The van der Waals surface area contributed by atoms with Crippen molar-refractivity contribution in [2.75, 3.05) is 31.6 Å². The van der Waals surface area contributed by atoms with Gasteiger partial charge < -0.3 is 10.0 Å². The number of anilines is 1. The number of rotatable bonds is 5. The number of carboxylic acids is 1. The lowest BCUT2D eigenvalue weighted by Gasteiger charge is -2.23. The molecule has 1 N–H and O–H groups in total. The van der Waals surface area contributed by atoms with Crippen LogP contribution in [0.1, 0.15) is 31.7 Å². The highest BCUT2D eigenvalue weighted by molar-refractivity contribution is 5.76. The van der Waals surface area contributed by atoms with Crippen LogP contribution in [-0.2, 0) is 11.3 Å². The van der Waals surface area contributed by atoms with Crippen LogP contribution in [0.15, 0.2) is 18.3 Å². The molecule has 2 atom stereocenters. The van der Waals surface area contributed by atoms with Gasteiger partial charge >= 0.3 is 5.97 Å². The molecule has 2 heterocycles. The number of likely N-dealkylation sites (tertiary alicyclic amines) is 1. The van der Waals surface area contributed by atoms with Gasteiger partial charge in [0.25, 0.3) is 0 Å². The zero-order valence-corrected chi connectivity index (χ0v) is 13.5. The lowest BCUT2D eigenvalue weighted by molar-refractivity contribution is -0.149. The summed E-state index contributed by atoms with van der Waals surface area (Å²) in [5.74, 6) is 0.700. The lowest BCUT2D eigenvalue weighted by Crippen LogP contribution is -2.35. The first-order valence-electron chi connectivity index (χ1n) is 8.17. The van der Waals surface area contributed by atoms with Crippen LogP contribution in [0.3, 0.4) is 0 Å². The summed E-state index contributed by atoms with van der Waals surface area (Å²) in [6.45, 7) is 5.42. The molecule has 0 aromatic carbocycles. The van der Waals surface area contributed by atoms with Crippen LogP contribution in [0, 0.1) is 11.3 Å². The molecule has 0 amide bonds. The fourth-order valence-electron chi connectivity index (χ4n) is 4.02. The Kier molecular flexibility index (Phi) is 4.08. The minimum atomic E-state index is -0.601. The number of hydrogen-bond donors (Lipinski definition) is 1. The third kappa shape index (κ3) is 2.58. The number of aliphatic carboxylic acids is 1. The predicted molar refractivity (Wildman–Crippen MR) is 85.9 cm³/mol. The molecule has 1 saturated heterocycles. The molecular formula is C17H25N3O2. The van der Waals surface area contributed by atoms with E-state index in [1.807, 2.05) is 19.3 Å². The maximum Gasteiger partial charge on any atom is 0.311 e. The van der Waals surface area contributed by atoms with Gasteiger partial charge in [0.05, 0.1) is 5.41 Å². The van der Waals surface area contributed by atoms with Crippen molar-refractivity contribution in [3.05, 3.63) is 23.9 Å². The van der Waals surface area contributed by atoms with Crippen LogP contribution in [0.2, 0.25) is 0 Å². The molecule has 1 saturated carbocycles. The van der Waals surface area contributed by atoms with Crippen molar-refractivity contribution in [1.29, 1.82) is 0 Å². The summed E-state index contributed by atoms with van der Waals surface area (Å²) in [6.07, 6.45) is 4.87. The van der Waals surface area contributed by atoms with E-state index in [2.05, 4.69) is 27.8 Å². The summed E-state index contributed by atoms with van der Waals surface area (Å²) in [7, 11) is 2.03. The highest BCUT2D eigenvalue weighted by Gasteiger charge is 2.54. The number of aromatic nitrogens is 1. The summed E-state index contributed by atoms with van der Waals surface area (Å²) in [4.78, 5) is 20.6. The Morgan fingerprint density at radius 2 is 2.36 bits per heavy atom. The summed E-state index contributed by atoms with van der Waals surface area (Å²) in [5.41, 5.74) is 0.671. The smallest absolute Gasteiger partial charge is 0.311 e. The number of fused-ring (bicyclic) bond motifs is 1. The summed E-state index contributed by atoms with van der Waals surface area (Å²) < 4.78 is 0. The fraction of sp³-hybridized carbons (Fsp3) is 0.647. The molecule has 0 bridgehead atoms. The van der Waals surface area contributed by atoms with Gasteiger partial charge in [-0.05, 0) is 37.3 Å². The number of nitrogens with zero attached hydrogens (tertiary/aromatic N) is 3. The number of hydrogen-bond acceptors (Lipinski definition) is 4. The largest absolute Gasteiger partial charge is 0.481 e. The predicted octanol–water partition coefficient (Wildman–Crippen LogP) is 2.22. The molecule has 1 aromatic rings. The van der Waals surface area contributed by atoms with Crippen molar-refractivity contribution < 1.29 is 9.90 Å². The van der Waals surface area contributed by atoms with Gasteiger partial charge in [0, 0.05) is 39.4 Å². The fourth-order valence-corrected chi connectivity index (χ4v) is 4.02. The van der Waals surface area contributed by atoms with Crippen molar-refractivity contribution >= 4 is 11.8 Å². The molecule has 22 heavy (non-hydrogen) atoms. The first kappa shape index (κ1) is 15.3. The van der Waals surface area contributed by atoms with E-state index >= 15 is 0 Å². The van der Waals surface area contributed by atoms with E-state index in [9.17, 15) is 9.90 Å². The molecular weight excluding hydrogens is 278 g/mol. The Labute approximate surface area is 131 Å². The second-order valence-electron chi connectivity index (χ2n) is 6.76. The molecule has 0 unspecified atom stereocenters. The molecule has 0 radical (unpaired) electrons. The molecule has 0 spiro atoms.